The topological polar surface area (TPSA) is 47.3 Å². The Morgan fingerprint density at radius 2 is 1.41 bits per heavy atom. The summed E-state index contributed by atoms with van der Waals surface area (Å²) in [5.74, 6) is 0.204. The van der Waals surface area contributed by atoms with E-state index in [1.54, 1.807) is 11.3 Å². The first-order valence-electron chi connectivity index (χ1n) is 12.7. The standard InChI is InChI=1S/C35H22N2OS/c36-22-23-13-16-26(17-14-23)37(31-12-6-11-29(35(31)38)24-7-2-1-3-8-24)27-18-19-30-33(21-27)39-32-20-15-25-9-4-5-10-28(25)34(30)32/h1-21,38H. The van der Waals surface area contributed by atoms with Crippen LogP contribution in [0.4, 0.5) is 17.1 Å². The predicted octanol–water partition coefficient (Wildman–Crippen LogP) is 9.92. The Morgan fingerprint density at radius 1 is 0.641 bits per heavy atom. The van der Waals surface area contributed by atoms with Gasteiger partial charge in [-0.25, -0.2) is 0 Å². The molecule has 0 saturated carbocycles. The number of anilines is 3. The van der Waals surface area contributed by atoms with Gasteiger partial charge in [-0.15, -0.1) is 11.3 Å². The van der Waals surface area contributed by atoms with Gasteiger partial charge in [-0.2, -0.15) is 5.26 Å². The maximum absolute atomic E-state index is 11.6. The first-order chi connectivity index (χ1) is 19.2. The van der Waals surface area contributed by atoms with E-state index >= 15 is 0 Å². The molecule has 1 aromatic heterocycles. The molecule has 1 N–H and O–H groups in total. The average molecular weight is 519 g/mol. The van der Waals surface area contributed by atoms with Crippen LogP contribution in [-0.4, -0.2) is 5.11 Å². The van der Waals surface area contributed by atoms with Gasteiger partial charge in [0.15, 0.2) is 0 Å². The average Bonchev–Trinajstić information content (AvgIpc) is 3.37. The normalized spacial score (nSPS) is 11.2. The fraction of sp³-hybridized carbons (Fsp3) is 0. The Bertz CT molecular complexity index is 2040. The van der Waals surface area contributed by atoms with Gasteiger partial charge in [0.1, 0.15) is 5.75 Å². The maximum atomic E-state index is 11.6. The Hall–Kier alpha value is -5.11. The number of para-hydroxylation sites is 1. The first-order valence-corrected chi connectivity index (χ1v) is 13.5. The first kappa shape index (κ1) is 23.0. The van der Waals surface area contributed by atoms with Crippen LogP contribution in [0.25, 0.3) is 42.1 Å². The van der Waals surface area contributed by atoms with E-state index in [1.165, 1.54) is 30.9 Å². The largest absolute Gasteiger partial charge is 0.505 e. The zero-order valence-corrected chi connectivity index (χ0v) is 21.7. The Kier molecular flexibility index (Phi) is 5.51. The molecule has 6 aromatic carbocycles. The van der Waals surface area contributed by atoms with E-state index in [0.717, 1.165) is 22.5 Å². The molecule has 0 bridgehead atoms. The lowest BCUT2D eigenvalue weighted by molar-refractivity contribution is 0.478. The molecule has 4 heteroatoms. The van der Waals surface area contributed by atoms with Gasteiger partial charge in [0.05, 0.1) is 17.3 Å². The number of fused-ring (bicyclic) bond motifs is 5. The molecule has 0 unspecified atom stereocenters. The van der Waals surface area contributed by atoms with Crippen molar-refractivity contribution in [2.45, 2.75) is 0 Å². The summed E-state index contributed by atoms with van der Waals surface area (Å²) in [5, 5.41) is 25.9. The number of thiophene rings is 1. The minimum Gasteiger partial charge on any atom is -0.505 e. The minimum absolute atomic E-state index is 0.204. The molecular formula is C35H22N2OS. The van der Waals surface area contributed by atoms with Gasteiger partial charge in [-0.05, 0) is 64.9 Å². The van der Waals surface area contributed by atoms with E-state index in [-0.39, 0.29) is 5.75 Å². The summed E-state index contributed by atoms with van der Waals surface area (Å²) in [6.07, 6.45) is 0. The van der Waals surface area contributed by atoms with Crippen LogP contribution in [0.3, 0.4) is 0 Å². The van der Waals surface area contributed by atoms with Crippen LogP contribution in [0.1, 0.15) is 5.56 Å². The zero-order valence-electron chi connectivity index (χ0n) is 20.9. The number of hydrogen-bond acceptors (Lipinski definition) is 4. The molecule has 184 valence electrons. The summed E-state index contributed by atoms with van der Waals surface area (Å²) in [6, 6.07) is 44.8. The van der Waals surface area contributed by atoms with Gasteiger partial charge >= 0.3 is 0 Å². The highest BCUT2D eigenvalue weighted by Gasteiger charge is 2.20. The summed E-state index contributed by atoms with van der Waals surface area (Å²) < 4.78 is 2.43. The Morgan fingerprint density at radius 3 is 2.23 bits per heavy atom. The van der Waals surface area contributed by atoms with Gasteiger partial charge in [0.25, 0.3) is 0 Å². The summed E-state index contributed by atoms with van der Waals surface area (Å²) in [7, 11) is 0. The van der Waals surface area contributed by atoms with Gasteiger partial charge in [-0.1, -0.05) is 78.9 Å². The van der Waals surface area contributed by atoms with Crippen LogP contribution in [0.2, 0.25) is 0 Å². The number of nitriles is 1. The van der Waals surface area contributed by atoms with Crippen molar-refractivity contribution in [2.75, 3.05) is 4.90 Å². The lowest BCUT2D eigenvalue weighted by Gasteiger charge is -2.27. The highest BCUT2D eigenvalue weighted by Crippen LogP contribution is 2.46. The van der Waals surface area contributed by atoms with Crippen molar-refractivity contribution in [3.8, 4) is 22.9 Å². The third-order valence-corrected chi connectivity index (χ3v) is 8.32. The van der Waals surface area contributed by atoms with Crippen molar-refractivity contribution in [3.63, 3.8) is 0 Å². The number of hydrogen-bond donors (Lipinski definition) is 1. The number of benzene rings is 6. The molecule has 0 atom stereocenters. The number of rotatable bonds is 4. The molecule has 0 fully saturated rings. The number of aromatic hydroxyl groups is 1. The summed E-state index contributed by atoms with van der Waals surface area (Å²) in [5.41, 5.74) is 4.77. The van der Waals surface area contributed by atoms with E-state index < -0.39 is 0 Å². The van der Waals surface area contributed by atoms with Crippen LogP contribution in [0.15, 0.2) is 127 Å². The number of phenols is 1. The molecule has 0 saturated heterocycles. The summed E-state index contributed by atoms with van der Waals surface area (Å²) in [6.45, 7) is 0. The molecule has 7 rings (SSSR count). The molecule has 0 amide bonds. The second kappa shape index (κ2) is 9.33. The van der Waals surface area contributed by atoms with Crippen molar-refractivity contribution in [3.05, 3.63) is 133 Å². The number of nitrogens with zero attached hydrogens (tertiary/aromatic N) is 2. The molecule has 0 aliphatic carbocycles. The van der Waals surface area contributed by atoms with Gasteiger partial charge in [0, 0.05) is 37.1 Å². The van der Waals surface area contributed by atoms with Crippen molar-refractivity contribution >= 4 is 59.3 Å². The maximum Gasteiger partial charge on any atom is 0.147 e. The molecule has 39 heavy (non-hydrogen) atoms. The zero-order chi connectivity index (χ0) is 26.3. The SMILES string of the molecule is N#Cc1ccc(N(c2ccc3c(c2)sc2ccc4ccccc4c23)c2cccc(-c3ccccc3)c2O)cc1. The van der Waals surface area contributed by atoms with Gasteiger partial charge in [-0.3, -0.25) is 0 Å². The van der Waals surface area contributed by atoms with Gasteiger partial charge in [0.2, 0.25) is 0 Å². The van der Waals surface area contributed by atoms with E-state index in [1.807, 2.05) is 72.8 Å². The summed E-state index contributed by atoms with van der Waals surface area (Å²) in [4.78, 5) is 2.06. The van der Waals surface area contributed by atoms with Crippen LogP contribution >= 0.6 is 11.3 Å². The quantitative estimate of drug-likeness (QED) is 0.252. The van der Waals surface area contributed by atoms with Crippen LogP contribution in [-0.2, 0) is 0 Å². The smallest absolute Gasteiger partial charge is 0.147 e. The lowest BCUT2D eigenvalue weighted by Crippen LogP contribution is -2.10. The van der Waals surface area contributed by atoms with Crippen LogP contribution in [0, 0.1) is 11.3 Å². The molecule has 0 radical (unpaired) electrons. The third-order valence-electron chi connectivity index (χ3n) is 7.20. The Labute approximate surface area is 230 Å². The molecule has 0 spiro atoms. The van der Waals surface area contributed by atoms with E-state index in [2.05, 4.69) is 65.6 Å². The van der Waals surface area contributed by atoms with Crippen molar-refractivity contribution in [1.82, 2.24) is 0 Å². The van der Waals surface area contributed by atoms with Crippen LogP contribution in [0.5, 0.6) is 5.75 Å². The van der Waals surface area contributed by atoms with E-state index in [9.17, 15) is 10.4 Å². The molecule has 7 aromatic rings. The molecule has 0 aliphatic heterocycles. The van der Waals surface area contributed by atoms with Crippen molar-refractivity contribution < 1.29 is 5.11 Å². The fourth-order valence-corrected chi connectivity index (χ4v) is 6.50. The van der Waals surface area contributed by atoms with Crippen molar-refractivity contribution in [2.24, 2.45) is 0 Å². The molecular weight excluding hydrogens is 496 g/mol. The fourth-order valence-electron chi connectivity index (χ4n) is 5.35. The molecule has 3 nitrogen and oxygen atoms in total. The van der Waals surface area contributed by atoms with Crippen LogP contribution < -0.4 is 4.90 Å². The van der Waals surface area contributed by atoms with Crippen molar-refractivity contribution in [1.29, 1.82) is 5.26 Å². The Balaban J connectivity index is 1.45. The molecule has 1 heterocycles. The third kappa shape index (κ3) is 3.88. The van der Waals surface area contributed by atoms with Gasteiger partial charge < -0.3 is 10.0 Å². The molecule has 0 aliphatic rings. The monoisotopic (exact) mass is 518 g/mol. The number of phenolic OH excluding ortho intramolecular Hbond substituents is 1. The van der Waals surface area contributed by atoms with E-state index in [0.29, 0.717) is 11.3 Å². The predicted molar refractivity (Wildman–Crippen MR) is 163 cm³/mol. The highest BCUT2D eigenvalue weighted by molar-refractivity contribution is 7.26. The summed E-state index contributed by atoms with van der Waals surface area (Å²) >= 11 is 1.78. The highest BCUT2D eigenvalue weighted by atomic mass is 32.1. The second-order valence-corrected chi connectivity index (χ2v) is 10.6. The second-order valence-electron chi connectivity index (χ2n) is 9.48. The minimum atomic E-state index is 0.204. The lowest BCUT2D eigenvalue weighted by atomic mass is 10.0. The van der Waals surface area contributed by atoms with E-state index in [4.69, 9.17) is 0 Å².